The van der Waals surface area contributed by atoms with Crippen LogP contribution in [0.3, 0.4) is 0 Å². The summed E-state index contributed by atoms with van der Waals surface area (Å²) in [6, 6.07) is 10.0. The monoisotopic (exact) mass is 455 g/mol. The first-order chi connectivity index (χ1) is 13.9. The number of alkyl halides is 3. The molecule has 2 aromatic carbocycles. The fraction of sp³-hybridized carbons (Fsp3) is 0.250. The zero-order valence-corrected chi connectivity index (χ0v) is 17.3. The van der Waals surface area contributed by atoms with Crippen molar-refractivity contribution in [2.24, 2.45) is 10.2 Å². The van der Waals surface area contributed by atoms with Crippen molar-refractivity contribution in [2.45, 2.75) is 36.9 Å². The Morgan fingerprint density at radius 3 is 2.43 bits per heavy atom. The summed E-state index contributed by atoms with van der Waals surface area (Å²) >= 11 is 6.14. The van der Waals surface area contributed by atoms with E-state index in [1.807, 2.05) is 13.0 Å². The van der Waals surface area contributed by atoms with Gasteiger partial charge < -0.3 is 0 Å². The third kappa shape index (κ3) is 3.73. The van der Waals surface area contributed by atoms with E-state index < -0.39 is 28.0 Å². The van der Waals surface area contributed by atoms with Gasteiger partial charge in [0.25, 0.3) is 0 Å². The highest BCUT2D eigenvalue weighted by atomic mass is 35.5. The average molecular weight is 456 g/mol. The van der Waals surface area contributed by atoms with Crippen LogP contribution in [0.4, 0.5) is 18.9 Å². The van der Waals surface area contributed by atoms with Crippen LogP contribution < -0.4 is 10.1 Å². The molecule has 0 saturated carbocycles. The third-order valence-corrected chi connectivity index (χ3v) is 6.44. The van der Waals surface area contributed by atoms with Crippen molar-refractivity contribution in [1.82, 2.24) is 0 Å². The van der Waals surface area contributed by atoms with Gasteiger partial charge in [0.05, 0.1) is 16.6 Å². The smallest absolute Gasteiger partial charge is 0.257 e. The maximum atomic E-state index is 13.5. The normalized spacial score (nSPS) is 19.3. The average Bonchev–Trinajstić information content (AvgIpc) is 3.21. The molecule has 158 valence electrons. The lowest BCUT2D eigenvalue weighted by Crippen LogP contribution is -2.29. The quantitative estimate of drug-likeness (QED) is 0.739. The first-order valence-electron chi connectivity index (χ1n) is 9.00. The van der Waals surface area contributed by atoms with Gasteiger partial charge in [0.1, 0.15) is 5.71 Å². The number of rotatable bonds is 3. The van der Waals surface area contributed by atoms with E-state index in [9.17, 15) is 21.6 Å². The molecule has 2 N–H and O–H groups in total. The Balaban J connectivity index is 1.80. The number of benzene rings is 2. The number of nitrogens with two attached hydrogens (primary N) is 1. The molecule has 0 amide bonds. The lowest BCUT2D eigenvalue weighted by atomic mass is 9.94. The second kappa shape index (κ2) is 7.11. The highest BCUT2D eigenvalue weighted by molar-refractivity contribution is 7.89. The van der Waals surface area contributed by atoms with Gasteiger partial charge in [-0.2, -0.15) is 18.3 Å². The van der Waals surface area contributed by atoms with Crippen molar-refractivity contribution >= 4 is 38.6 Å². The zero-order chi connectivity index (χ0) is 21.8. The molecule has 1 atom stereocenters. The van der Waals surface area contributed by atoms with E-state index in [1.54, 1.807) is 12.1 Å². The number of hydrogen-bond acceptors (Lipinski definition) is 4. The standard InChI is InChI=1S/C20H17ClF3N3O2S/c1-11-8-12-2-3-13(21)9-16(12)19(11)17-10-18(20(22,23)24)26-27(17)14-4-6-15(7-5-14)30(25,28)29/h2-7,9,17H,8,10H2,1H3,(H2,25,28,29). The summed E-state index contributed by atoms with van der Waals surface area (Å²) in [5, 5.41) is 10.8. The number of fused-ring (bicyclic) bond motifs is 1. The van der Waals surface area contributed by atoms with Crippen LogP contribution in [0.15, 0.2) is 58.0 Å². The van der Waals surface area contributed by atoms with Crippen molar-refractivity contribution in [3.8, 4) is 0 Å². The molecule has 5 nitrogen and oxygen atoms in total. The van der Waals surface area contributed by atoms with Crippen molar-refractivity contribution in [2.75, 3.05) is 5.01 Å². The Labute approximate surface area is 176 Å². The largest absolute Gasteiger partial charge is 0.431 e. The van der Waals surface area contributed by atoms with E-state index in [0.29, 0.717) is 17.1 Å². The number of allylic oxidation sites excluding steroid dienone is 1. The number of primary sulfonamides is 1. The molecule has 0 aromatic heterocycles. The van der Waals surface area contributed by atoms with Gasteiger partial charge >= 0.3 is 6.18 Å². The minimum atomic E-state index is -4.57. The summed E-state index contributed by atoms with van der Waals surface area (Å²) in [7, 11) is -3.92. The lowest BCUT2D eigenvalue weighted by molar-refractivity contribution is -0.0599. The van der Waals surface area contributed by atoms with Crippen LogP contribution in [0, 0.1) is 0 Å². The molecule has 1 aliphatic heterocycles. The molecule has 1 heterocycles. The summed E-state index contributed by atoms with van der Waals surface area (Å²) in [6.07, 6.45) is -4.27. The van der Waals surface area contributed by atoms with Crippen molar-refractivity contribution in [1.29, 1.82) is 0 Å². The Morgan fingerprint density at radius 2 is 1.83 bits per heavy atom. The molecular formula is C20H17ClF3N3O2S. The zero-order valence-electron chi connectivity index (χ0n) is 15.7. The summed E-state index contributed by atoms with van der Waals surface area (Å²) in [5.74, 6) is 0. The van der Waals surface area contributed by atoms with Crippen LogP contribution in [0.5, 0.6) is 0 Å². The summed E-state index contributed by atoms with van der Waals surface area (Å²) in [5.41, 5.74) is 2.96. The van der Waals surface area contributed by atoms with Crippen LogP contribution in [0.25, 0.3) is 5.57 Å². The fourth-order valence-electron chi connectivity index (χ4n) is 3.96. The van der Waals surface area contributed by atoms with E-state index in [0.717, 1.165) is 22.3 Å². The van der Waals surface area contributed by atoms with Crippen LogP contribution >= 0.6 is 11.6 Å². The molecule has 0 saturated heterocycles. The predicted molar refractivity (Wildman–Crippen MR) is 110 cm³/mol. The minimum Gasteiger partial charge on any atom is -0.257 e. The second-order valence-electron chi connectivity index (χ2n) is 7.32. The number of hydrazone groups is 1. The first-order valence-corrected chi connectivity index (χ1v) is 10.9. The Morgan fingerprint density at radius 1 is 1.17 bits per heavy atom. The van der Waals surface area contributed by atoms with E-state index in [1.165, 1.54) is 29.3 Å². The highest BCUT2D eigenvalue weighted by Crippen LogP contribution is 2.43. The summed E-state index contributed by atoms with van der Waals surface area (Å²) in [6.45, 7) is 1.89. The fourth-order valence-corrected chi connectivity index (χ4v) is 4.65. The molecule has 0 radical (unpaired) electrons. The van der Waals surface area contributed by atoms with Gasteiger partial charge in [-0.1, -0.05) is 23.2 Å². The van der Waals surface area contributed by atoms with Gasteiger partial charge in [-0.25, -0.2) is 13.6 Å². The molecule has 0 fully saturated rings. The van der Waals surface area contributed by atoms with Crippen molar-refractivity contribution in [3.63, 3.8) is 0 Å². The molecule has 1 aliphatic carbocycles. The van der Waals surface area contributed by atoms with Gasteiger partial charge in [-0.15, -0.1) is 0 Å². The molecule has 4 rings (SSSR count). The van der Waals surface area contributed by atoms with Gasteiger partial charge in [0.15, 0.2) is 0 Å². The van der Waals surface area contributed by atoms with E-state index in [2.05, 4.69) is 5.10 Å². The highest BCUT2D eigenvalue weighted by Gasteiger charge is 2.45. The number of hydrogen-bond donors (Lipinski definition) is 1. The number of nitrogens with zero attached hydrogens (tertiary/aromatic N) is 2. The topological polar surface area (TPSA) is 75.8 Å². The van der Waals surface area contributed by atoms with Crippen molar-refractivity contribution < 1.29 is 21.6 Å². The van der Waals surface area contributed by atoms with Crippen LogP contribution in [-0.2, 0) is 16.4 Å². The van der Waals surface area contributed by atoms with Crippen molar-refractivity contribution in [3.05, 3.63) is 64.2 Å². The third-order valence-electron chi connectivity index (χ3n) is 5.28. The molecule has 1 unspecified atom stereocenters. The SMILES string of the molecule is CC1=C(C2CC(C(F)(F)F)=NN2c2ccc(S(N)(=O)=O)cc2)c2cc(Cl)ccc2C1. The van der Waals surface area contributed by atoms with Gasteiger partial charge in [0, 0.05) is 11.4 Å². The minimum absolute atomic E-state index is 0.129. The molecular weight excluding hydrogens is 439 g/mol. The molecule has 0 spiro atoms. The molecule has 10 heteroatoms. The van der Waals surface area contributed by atoms with Crippen LogP contribution in [0.1, 0.15) is 24.5 Å². The van der Waals surface area contributed by atoms with Crippen LogP contribution in [-0.4, -0.2) is 26.3 Å². The Bertz CT molecular complexity index is 1190. The van der Waals surface area contributed by atoms with E-state index >= 15 is 0 Å². The van der Waals surface area contributed by atoms with E-state index in [4.69, 9.17) is 16.7 Å². The first kappa shape index (κ1) is 20.9. The van der Waals surface area contributed by atoms with Gasteiger partial charge in [-0.05, 0) is 66.4 Å². The lowest BCUT2D eigenvalue weighted by Gasteiger charge is -2.26. The molecule has 30 heavy (non-hydrogen) atoms. The molecule has 2 aromatic rings. The van der Waals surface area contributed by atoms with E-state index in [-0.39, 0.29) is 11.3 Å². The maximum Gasteiger partial charge on any atom is 0.431 e. The number of sulfonamides is 1. The van der Waals surface area contributed by atoms with Crippen LogP contribution in [0.2, 0.25) is 5.02 Å². The predicted octanol–water partition coefficient (Wildman–Crippen LogP) is 4.51. The second-order valence-corrected chi connectivity index (χ2v) is 9.32. The summed E-state index contributed by atoms with van der Waals surface area (Å²) < 4.78 is 63.5. The Hall–Kier alpha value is -2.36. The molecule has 2 aliphatic rings. The number of halogens is 4. The van der Waals surface area contributed by atoms with Gasteiger partial charge in [-0.3, -0.25) is 5.01 Å². The Kier molecular flexibility index (Phi) is 4.95. The van der Waals surface area contributed by atoms with Gasteiger partial charge in [0.2, 0.25) is 10.0 Å². The molecule has 0 bridgehead atoms. The number of anilines is 1. The maximum absolute atomic E-state index is 13.5. The summed E-state index contributed by atoms with van der Waals surface area (Å²) in [4.78, 5) is -0.129.